The molecule has 8 heteroatoms. The molecule has 1 saturated heterocycles. The Morgan fingerprint density at radius 3 is 2.12 bits per heavy atom. The summed E-state index contributed by atoms with van der Waals surface area (Å²) in [4.78, 5) is 14.9. The van der Waals surface area contributed by atoms with Crippen molar-refractivity contribution in [2.75, 3.05) is 24.7 Å². The van der Waals surface area contributed by atoms with Gasteiger partial charge in [0, 0.05) is 12.2 Å². The van der Waals surface area contributed by atoms with Crippen molar-refractivity contribution in [2.45, 2.75) is 43.9 Å². The van der Waals surface area contributed by atoms with Gasteiger partial charge >= 0.3 is 6.18 Å². The summed E-state index contributed by atoms with van der Waals surface area (Å²) in [5.41, 5.74) is -0.837. The van der Waals surface area contributed by atoms with Crippen LogP contribution in [0.4, 0.5) is 18.9 Å². The van der Waals surface area contributed by atoms with Gasteiger partial charge in [-0.1, -0.05) is 18.2 Å². The Labute approximate surface area is 184 Å². The number of anilines is 1. The second kappa shape index (κ2) is 8.65. The number of rotatable bonds is 6. The van der Waals surface area contributed by atoms with Crippen LogP contribution in [0.3, 0.4) is 0 Å². The molecule has 172 valence electrons. The van der Waals surface area contributed by atoms with Gasteiger partial charge in [0.15, 0.2) is 6.61 Å². The fraction of sp³-hybridized carbons (Fsp3) is 0.458. The van der Waals surface area contributed by atoms with Crippen molar-refractivity contribution in [3.05, 3.63) is 54.6 Å². The van der Waals surface area contributed by atoms with E-state index >= 15 is 0 Å². The highest BCUT2D eigenvalue weighted by Crippen LogP contribution is 2.48. The summed E-state index contributed by atoms with van der Waals surface area (Å²) < 4.78 is 47.4. The van der Waals surface area contributed by atoms with Crippen LogP contribution in [0.5, 0.6) is 11.5 Å². The first-order chi connectivity index (χ1) is 15.2. The van der Waals surface area contributed by atoms with Crippen LogP contribution < -0.4 is 14.4 Å². The van der Waals surface area contributed by atoms with Gasteiger partial charge in [0.05, 0.1) is 11.0 Å². The Hall–Kier alpha value is -2.74. The van der Waals surface area contributed by atoms with E-state index in [1.54, 1.807) is 17.0 Å². The molecule has 1 N–H and O–H groups in total. The molecule has 0 bridgehead atoms. The zero-order valence-electron chi connectivity index (χ0n) is 17.6. The first-order valence-electron chi connectivity index (χ1n) is 10.7. The summed E-state index contributed by atoms with van der Waals surface area (Å²) in [6, 6.07) is 15.4. The molecule has 1 amide bonds. The number of aliphatic hydroxyl groups is 1. The molecule has 0 unspecified atom stereocenters. The molecular weight excluding hydrogens is 423 g/mol. The molecule has 2 aromatic rings. The van der Waals surface area contributed by atoms with E-state index in [2.05, 4.69) is 0 Å². The maximum Gasteiger partial charge on any atom is 0.422 e. The minimum Gasteiger partial charge on any atom is -0.491 e. The first kappa shape index (κ1) is 22.5. The van der Waals surface area contributed by atoms with Crippen LogP contribution in [0.15, 0.2) is 54.6 Å². The molecule has 1 heterocycles. The fourth-order valence-electron chi connectivity index (χ4n) is 4.49. The lowest BCUT2D eigenvalue weighted by atomic mass is 9.68. The van der Waals surface area contributed by atoms with Crippen LogP contribution in [0, 0.1) is 5.41 Å². The zero-order valence-corrected chi connectivity index (χ0v) is 17.6. The summed E-state index contributed by atoms with van der Waals surface area (Å²) in [7, 11) is 0. The lowest BCUT2D eigenvalue weighted by Crippen LogP contribution is -2.46. The number of hydrogen-bond acceptors (Lipinski definition) is 4. The molecule has 1 saturated carbocycles. The lowest BCUT2D eigenvalue weighted by Gasteiger charge is -2.40. The van der Waals surface area contributed by atoms with Crippen molar-refractivity contribution in [1.82, 2.24) is 0 Å². The van der Waals surface area contributed by atoms with E-state index in [1.165, 1.54) is 12.1 Å². The maximum absolute atomic E-state index is 13.2. The van der Waals surface area contributed by atoms with Gasteiger partial charge < -0.3 is 19.5 Å². The van der Waals surface area contributed by atoms with Gasteiger partial charge in [-0.15, -0.1) is 0 Å². The van der Waals surface area contributed by atoms with E-state index in [0.717, 1.165) is 0 Å². The fourth-order valence-corrected chi connectivity index (χ4v) is 4.49. The number of halogens is 3. The minimum atomic E-state index is -4.40. The number of para-hydroxylation sites is 1. The van der Waals surface area contributed by atoms with E-state index in [9.17, 15) is 23.1 Å². The highest BCUT2D eigenvalue weighted by molar-refractivity contribution is 6.00. The summed E-state index contributed by atoms with van der Waals surface area (Å²) in [5.74, 6) is 0.813. The Kier molecular flexibility index (Phi) is 6.07. The highest BCUT2D eigenvalue weighted by atomic mass is 19.4. The number of carbonyl (C=O) groups excluding carboxylic acids is 1. The zero-order chi connectivity index (χ0) is 22.8. The summed E-state index contributed by atoms with van der Waals surface area (Å²) in [5, 5.41) is 10.9. The third kappa shape index (κ3) is 5.01. The predicted molar refractivity (Wildman–Crippen MR) is 113 cm³/mol. The molecule has 2 fully saturated rings. The Morgan fingerprint density at radius 1 is 0.875 bits per heavy atom. The van der Waals surface area contributed by atoms with Crippen LogP contribution in [0.2, 0.25) is 0 Å². The number of amides is 1. The van der Waals surface area contributed by atoms with Crippen molar-refractivity contribution in [3.63, 3.8) is 0 Å². The van der Waals surface area contributed by atoms with E-state index in [4.69, 9.17) is 9.47 Å². The largest absolute Gasteiger partial charge is 0.491 e. The Bertz CT molecular complexity index is 923. The van der Waals surface area contributed by atoms with Crippen molar-refractivity contribution in [3.8, 4) is 11.5 Å². The van der Waals surface area contributed by atoms with Crippen LogP contribution >= 0.6 is 0 Å². The number of nitrogens with zero attached hydrogens (tertiary/aromatic N) is 1. The SMILES string of the molecule is O=C1N(c2ccc(OCC(F)(F)F)cc2)CC[C@]12CC[C@](O)(COc1ccccc1)CC2. The molecule has 1 aliphatic heterocycles. The van der Waals surface area contributed by atoms with Crippen LogP contribution in [0.25, 0.3) is 0 Å². The molecule has 0 radical (unpaired) electrons. The van der Waals surface area contributed by atoms with Gasteiger partial charge in [0.25, 0.3) is 0 Å². The molecule has 1 spiro atoms. The van der Waals surface area contributed by atoms with E-state index in [1.807, 2.05) is 30.3 Å². The van der Waals surface area contributed by atoms with Crippen LogP contribution in [0.1, 0.15) is 32.1 Å². The van der Waals surface area contributed by atoms with Crippen LogP contribution in [-0.4, -0.2) is 42.5 Å². The van der Waals surface area contributed by atoms with Gasteiger partial charge in [-0.3, -0.25) is 4.79 Å². The smallest absolute Gasteiger partial charge is 0.422 e. The third-order valence-electron chi connectivity index (χ3n) is 6.45. The molecule has 2 aliphatic rings. The average Bonchev–Trinajstić information content (AvgIpc) is 3.10. The van der Waals surface area contributed by atoms with Crippen molar-refractivity contribution in [1.29, 1.82) is 0 Å². The average molecular weight is 449 g/mol. The van der Waals surface area contributed by atoms with E-state index in [-0.39, 0.29) is 18.3 Å². The topological polar surface area (TPSA) is 59.0 Å². The minimum absolute atomic E-state index is 0.00693. The van der Waals surface area contributed by atoms with E-state index in [0.29, 0.717) is 50.1 Å². The van der Waals surface area contributed by atoms with E-state index < -0.39 is 23.8 Å². The first-order valence-corrected chi connectivity index (χ1v) is 10.7. The van der Waals surface area contributed by atoms with Crippen molar-refractivity contribution < 1.29 is 32.5 Å². The van der Waals surface area contributed by atoms with Gasteiger partial charge in [0.1, 0.15) is 18.1 Å². The normalized spacial score (nSPS) is 25.9. The molecule has 0 aromatic heterocycles. The van der Waals surface area contributed by atoms with Gasteiger partial charge in [-0.2, -0.15) is 13.2 Å². The quantitative estimate of drug-likeness (QED) is 0.693. The molecule has 0 atom stereocenters. The Morgan fingerprint density at radius 2 is 1.50 bits per heavy atom. The van der Waals surface area contributed by atoms with Crippen molar-refractivity contribution in [2.24, 2.45) is 5.41 Å². The molecule has 5 nitrogen and oxygen atoms in total. The number of carbonyl (C=O) groups is 1. The van der Waals surface area contributed by atoms with Gasteiger partial charge in [-0.25, -0.2) is 0 Å². The summed E-state index contributed by atoms with van der Waals surface area (Å²) >= 11 is 0. The van der Waals surface area contributed by atoms with Gasteiger partial charge in [-0.05, 0) is 68.5 Å². The van der Waals surface area contributed by atoms with Gasteiger partial charge in [0.2, 0.25) is 5.91 Å². The third-order valence-corrected chi connectivity index (χ3v) is 6.45. The number of hydrogen-bond donors (Lipinski definition) is 1. The molecule has 2 aromatic carbocycles. The maximum atomic E-state index is 13.2. The molecule has 4 rings (SSSR count). The number of ether oxygens (including phenoxy) is 2. The summed E-state index contributed by atoms with van der Waals surface area (Å²) in [6.45, 7) is -0.625. The van der Waals surface area contributed by atoms with Crippen molar-refractivity contribution >= 4 is 11.6 Å². The molecule has 32 heavy (non-hydrogen) atoms. The second-order valence-corrected chi connectivity index (χ2v) is 8.71. The van der Waals surface area contributed by atoms with Crippen LogP contribution in [-0.2, 0) is 4.79 Å². The lowest BCUT2D eigenvalue weighted by molar-refractivity contribution is -0.153. The molecular formula is C24H26F3NO4. The number of alkyl halides is 3. The molecule has 1 aliphatic carbocycles. The standard InChI is InChI=1S/C24H26F3NO4/c25-24(26,27)17-32-20-8-6-18(7-9-20)28-15-14-22(21(28)29)10-12-23(30,13-11-22)16-31-19-4-2-1-3-5-19/h1-9,30H,10-17H2/t22-,23-. The highest BCUT2D eigenvalue weighted by Gasteiger charge is 2.51. The summed E-state index contributed by atoms with van der Waals surface area (Å²) in [6.07, 6.45) is -1.61. The monoisotopic (exact) mass is 449 g/mol. The number of benzene rings is 2. The Balaban J connectivity index is 1.34. The predicted octanol–water partition coefficient (Wildman–Crippen LogP) is 4.73. The second-order valence-electron chi connectivity index (χ2n) is 8.71.